The Hall–Kier alpha value is -2.36. The zero-order valence-corrected chi connectivity index (χ0v) is 9.98. The van der Waals surface area contributed by atoms with Gasteiger partial charge in [-0.25, -0.2) is 13.8 Å². The highest BCUT2D eigenvalue weighted by Gasteiger charge is 2.13. The Kier molecular flexibility index (Phi) is 2.91. The summed E-state index contributed by atoms with van der Waals surface area (Å²) in [6, 6.07) is 12.2. The maximum atomic E-state index is 12.8. The van der Waals surface area contributed by atoms with Crippen molar-refractivity contribution in [2.75, 3.05) is 6.54 Å². The zero-order valence-electron chi connectivity index (χ0n) is 9.98. The van der Waals surface area contributed by atoms with Gasteiger partial charge in [0.1, 0.15) is 11.6 Å². The van der Waals surface area contributed by atoms with E-state index in [0.717, 1.165) is 16.8 Å². The molecule has 0 fully saturated rings. The summed E-state index contributed by atoms with van der Waals surface area (Å²) in [7, 11) is 0. The molecule has 1 aliphatic heterocycles. The highest BCUT2D eigenvalue weighted by atomic mass is 19.1. The van der Waals surface area contributed by atoms with Crippen LogP contribution in [0.4, 0.5) is 8.78 Å². The van der Waals surface area contributed by atoms with Crippen LogP contribution in [0.25, 0.3) is 0 Å². The van der Waals surface area contributed by atoms with Gasteiger partial charge in [-0.2, -0.15) is 0 Å². The van der Waals surface area contributed by atoms with Crippen LogP contribution in [0.15, 0.2) is 58.5 Å². The van der Waals surface area contributed by atoms with E-state index in [1.54, 1.807) is 24.3 Å². The summed E-state index contributed by atoms with van der Waals surface area (Å²) in [5.41, 5.74) is 2.42. The number of amidine groups is 1. The summed E-state index contributed by atoms with van der Waals surface area (Å²) in [6.07, 6.45) is 0. The van der Waals surface area contributed by atoms with Gasteiger partial charge in [-0.1, -0.05) is 12.1 Å². The minimum atomic E-state index is -0.287. The molecule has 4 heteroatoms. The largest absolute Gasteiger partial charge is 0.260 e. The summed E-state index contributed by atoms with van der Waals surface area (Å²) in [6.45, 7) is 0.457. The smallest absolute Gasteiger partial charge is 0.155 e. The van der Waals surface area contributed by atoms with Crippen molar-refractivity contribution in [3.63, 3.8) is 0 Å². The molecule has 0 saturated carbocycles. The van der Waals surface area contributed by atoms with E-state index in [9.17, 15) is 8.78 Å². The van der Waals surface area contributed by atoms with Crippen LogP contribution in [0, 0.1) is 11.6 Å². The molecule has 0 N–H and O–H groups in total. The van der Waals surface area contributed by atoms with Crippen molar-refractivity contribution in [2.24, 2.45) is 9.98 Å². The lowest BCUT2D eigenvalue weighted by Gasteiger charge is -1.99. The third-order valence-electron chi connectivity index (χ3n) is 2.90. The maximum Gasteiger partial charge on any atom is 0.155 e. The standard InChI is InChI=1S/C15H10F2N2/c16-12-5-1-10(2-6-12)14-9-18-15(19-14)11-3-7-13(17)8-4-11/h1-8H,9H2. The van der Waals surface area contributed by atoms with Gasteiger partial charge in [0.2, 0.25) is 0 Å². The molecule has 0 aromatic heterocycles. The van der Waals surface area contributed by atoms with Gasteiger partial charge in [-0.15, -0.1) is 0 Å². The fraction of sp³-hybridized carbons (Fsp3) is 0.0667. The second kappa shape index (κ2) is 4.72. The molecular weight excluding hydrogens is 246 g/mol. The molecule has 0 aliphatic carbocycles. The van der Waals surface area contributed by atoms with Crippen LogP contribution in [0.5, 0.6) is 0 Å². The molecule has 2 aromatic rings. The van der Waals surface area contributed by atoms with Gasteiger partial charge in [-0.05, 0) is 42.0 Å². The number of rotatable bonds is 2. The highest BCUT2D eigenvalue weighted by Crippen LogP contribution is 2.13. The maximum absolute atomic E-state index is 12.8. The summed E-state index contributed by atoms with van der Waals surface area (Å²) >= 11 is 0. The minimum absolute atomic E-state index is 0.276. The van der Waals surface area contributed by atoms with Gasteiger partial charge in [0.05, 0.1) is 12.3 Å². The van der Waals surface area contributed by atoms with Crippen molar-refractivity contribution in [1.29, 1.82) is 0 Å². The van der Waals surface area contributed by atoms with Crippen molar-refractivity contribution in [3.05, 3.63) is 71.3 Å². The fourth-order valence-electron chi connectivity index (χ4n) is 1.90. The van der Waals surface area contributed by atoms with E-state index in [4.69, 9.17) is 0 Å². The molecule has 94 valence electrons. The van der Waals surface area contributed by atoms with Crippen LogP contribution in [0.2, 0.25) is 0 Å². The van der Waals surface area contributed by atoms with Gasteiger partial charge >= 0.3 is 0 Å². The first-order valence-corrected chi connectivity index (χ1v) is 5.86. The third kappa shape index (κ3) is 2.42. The van der Waals surface area contributed by atoms with Crippen LogP contribution in [0.3, 0.4) is 0 Å². The van der Waals surface area contributed by atoms with Crippen LogP contribution < -0.4 is 0 Å². The highest BCUT2D eigenvalue weighted by molar-refractivity contribution is 6.17. The Balaban J connectivity index is 1.87. The Labute approximate surface area is 109 Å². The van der Waals surface area contributed by atoms with E-state index < -0.39 is 0 Å². The SMILES string of the molecule is Fc1ccc(C2=NC(c3ccc(F)cc3)=NC2)cc1. The molecular formula is C15H10F2N2. The molecule has 0 unspecified atom stereocenters. The van der Waals surface area contributed by atoms with Gasteiger partial charge < -0.3 is 0 Å². The molecule has 2 aromatic carbocycles. The summed E-state index contributed by atoms with van der Waals surface area (Å²) < 4.78 is 25.7. The molecule has 0 amide bonds. The normalized spacial score (nSPS) is 14.2. The van der Waals surface area contributed by atoms with Crippen LogP contribution >= 0.6 is 0 Å². The van der Waals surface area contributed by atoms with Crippen molar-refractivity contribution >= 4 is 11.5 Å². The lowest BCUT2D eigenvalue weighted by Crippen LogP contribution is -2.01. The third-order valence-corrected chi connectivity index (χ3v) is 2.90. The molecule has 0 radical (unpaired) electrons. The first kappa shape index (κ1) is 11.7. The second-order valence-electron chi connectivity index (χ2n) is 4.21. The topological polar surface area (TPSA) is 24.7 Å². The van der Waals surface area contributed by atoms with E-state index in [-0.39, 0.29) is 11.6 Å². The van der Waals surface area contributed by atoms with Crippen LogP contribution in [0.1, 0.15) is 11.1 Å². The van der Waals surface area contributed by atoms with E-state index in [1.807, 2.05) is 0 Å². The monoisotopic (exact) mass is 256 g/mol. The Morgan fingerprint density at radius 3 is 1.84 bits per heavy atom. The zero-order chi connectivity index (χ0) is 13.2. The Morgan fingerprint density at radius 1 is 0.737 bits per heavy atom. The van der Waals surface area contributed by atoms with Gasteiger partial charge in [0.25, 0.3) is 0 Å². The predicted molar refractivity (Wildman–Crippen MR) is 70.7 cm³/mol. The number of hydrogen-bond acceptors (Lipinski definition) is 2. The average molecular weight is 256 g/mol. The molecule has 0 bridgehead atoms. The molecule has 2 nitrogen and oxygen atoms in total. The van der Waals surface area contributed by atoms with Crippen LogP contribution in [-0.4, -0.2) is 18.1 Å². The number of nitrogens with zero attached hydrogens (tertiary/aromatic N) is 2. The van der Waals surface area contributed by atoms with Crippen molar-refractivity contribution in [3.8, 4) is 0 Å². The number of hydrogen-bond donors (Lipinski definition) is 0. The molecule has 1 heterocycles. The lowest BCUT2D eigenvalue weighted by atomic mass is 10.1. The summed E-state index contributed by atoms with van der Waals surface area (Å²) in [5.74, 6) is 0.0198. The summed E-state index contributed by atoms with van der Waals surface area (Å²) in [5, 5.41) is 0. The van der Waals surface area contributed by atoms with Crippen molar-refractivity contribution < 1.29 is 8.78 Å². The Bertz CT molecular complexity index is 656. The first-order chi connectivity index (χ1) is 9.22. The predicted octanol–water partition coefficient (Wildman–Crippen LogP) is 3.21. The molecule has 1 aliphatic rings. The lowest BCUT2D eigenvalue weighted by molar-refractivity contribution is 0.627. The fourth-order valence-corrected chi connectivity index (χ4v) is 1.90. The first-order valence-electron chi connectivity index (χ1n) is 5.86. The van der Waals surface area contributed by atoms with Gasteiger partial charge in [-0.3, -0.25) is 4.99 Å². The van der Waals surface area contributed by atoms with E-state index >= 15 is 0 Å². The minimum Gasteiger partial charge on any atom is -0.260 e. The average Bonchev–Trinajstić information content (AvgIpc) is 2.90. The molecule has 0 saturated heterocycles. The molecule has 19 heavy (non-hydrogen) atoms. The van der Waals surface area contributed by atoms with Crippen LogP contribution in [-0.2, 0) is 0 Å². The molecule has 0 spiro atoms. The summed E-state index contributed by atoms with van der Waals surface area (Å²) in [4.78, 5) is 8.72. The van der Waals surface area contributed by atoms with E-state index in [0.29, 0.717) is 12.4 Å². The van der Waals surface area contributed by atoms with Gasteiger partial charge in [0.15, 0.2) is 5.84 Å². The number of aliphatic imine (C=N–C) groups is 2. The quantitative estimate of drug-likeness (QED) is 0.788. The van der Waals surface area contributed by atoms with Gasteiger partial charge in [0, 0.05) is 5.56 Å². The van der Waals surface area contributed by atoms with E-state index in [2.05, 4.69) is 9.98 Å². The number of benzene rings is 2. The number of halogens is 2. The molecule has 3 rings (SSSR count). The Morgan fingerprint density at radius 2 is 1.26 bits per heavy atom. The molecule has 0 atom stereocenters. The van der Waals surface area contributed by atoms with Crippen molar-refractivity contribution in [1.82, 2.24) is 0 Å². The second-order valence-corrected chi connectivity index (χ2v) is 4.21. The van der Waals surface area contributed by atoms with E-state index in [1.165, 1.54) is 24.3 Å². The van der Waals surface area contributed by atoms with Crippen molar-refractivity contribution in [2.45, 2.75) is 0 Å².